The van der Waals surface area contributed by atoms with E-state index in [1.807, 2.05) is 5.32 Å². The summed E-state index contributed by atoms with van der Waals surface area (Å²) in [5.41, 5.74) is -2.43. The predicted octanol–water partition coefficient (Wildman–Crippen LogP) is 2.33. The van der Waals surface area contributed by atoms with E-state index < -0.39 is 29.0 Å². The van der Waals surface area contributed by atoms with Gasteiger partial charge < -0.3 is 10.4 Å². The molecule has 0 radical (unpaired) electrons. The quantitative estimate of drug-likeness (QED) is 0.805. The molecule has 0 heterocycles. The molecule has 0 fully saturated rings. The summed E-state index contributed by atoms with van der Waals surface area (Å²) in [7, 11) is 0. The van der Waals surface area contributed by atoms with Crippen LogP contribution in [0.5, 0.6) is 0 Å². The summed E-state index contributed by atoms with van der Waals surface area (Å²) in [4.78, 5) is 21.9. The van der Waals surface area contributed by atoms with Gasteiger partial charge in [0.2, 0.25) is 0 Å². The number of carbonyl (C=O) groups is 2. The maximum absolute atomic E-state index is 12.2. The van der Waals surface area contributed by atoms with Gasteiger partial charge in [-0.15, -0.1) is 0 Å². The zero-order valence-corrected chi connectivity index (χ0v) is 10.8. The molecule has 0 aliphatic rings. The minimum absolute atomic E-state index is 0.0896. The van der Waals surface area contributed by atoms with Gasteiger partial charge in [0.15, 0.2) is 0 Å². The summed E-state index contributed by atoms with van der Waals surface area (Å²) in [6.07, 6.45) is -4.86. The van der Waals surface area contributed by atoms with Crippen molar-refractivity contribution >= 4 is 11.9 Å². The monoisotopic (exact) mass is 269 g/mol. The molecular formula is C11H18F3NO3. The Morgan fingerprint density at radius 1 is 1.17 bits per heavy atom. The second-order valence-electron chi connectivity index (χ2n) is 5.23. The fourth-order valence-electron chi connectivity index (χ4n) is 1.65. The summed E-state index contributed by atoms with van der Waals surface area (Å²) in [5, 5.41) is 10.8. The molecule has 0 saturated carbocycles. The van der Waals surface area contributed by atoms with E-state index in [0.717, 1.165) is 0 Å². The highest BCUT2D eigenvalue weighted by atomic mass is 19.4. The smallest absolute Gasteiger partial charge is 0.471 e. The molecule has 7 heteroatoms. The number of nitrogens with one attached hydrogen (secondary N) is 1. The zero-order chi connectivity index (χ0) is 14.8. The number of rotatable bonds is 5. The van der Waals surface area contributed by atoms with E-state index >= 15 is 0 Å². The molecular weight excluding hydrogens is 251 g/mol. The van der Waals surface area contributed by atoms with E-state index in [4.69, 9.17) is 5.11 Å². The first-order valence-corrected chi connectivity index (χ1v) is 5.47. The fourth-order valence-corrected chi connectivity index (χ4v) is 1.65. The number of amides is 1. The van der Waals surface area contributed by atoms with Crippen LogP contribution in [0.2, 0.25) is 0 Å². The van der Waals surface area contributed by atoms with Crippen LogP contribution >= 0.6 is 0 Å². The summed E-state index contributed by atoms with van der Waals surface area (Å²) >= 11 is 0. The van der Waals surface area contributed by atoms with E-state index in [2.05, 4.69) is 0 Å². The maximum Gasteiger partial charge on any atom is 0.471 e. The fraction of sp³-hybridized carbons (Fsp3) is 0.818. The number of carboxylic acid groups (broad SMARTS) is 1. The molecule has 2 N–H and O–H groups in total. The zero-order valence-electron chi connectivity index (χ0n) is 10.8. The topological polar surface area (TPSA) is 66.4 Å². The molecule has 1 amide bonds. The lowest BCUT2D eigenvalue weighted by Crippen LogP contribution is -2.53. The lowest BCUT2D eigenvalue weighted by molar-refractivity contribution is -0.176. The largest absolute Gasteiger partial charge is 0.481 e. The van der Waals surface area contributed by atoms with Crippen LogP contribution in [-0.2, 0) is 9.59 Å². The Hall–Kier alpha value is -1.27. The molecule has 1 atom stereocenters. The molecule has 1 unspecified atom stereocenters. The highest BCUT2D eigenvalue weighted by Gasteiger charge is 2.44. The minimum atomic E-state index is -4.97. The molecule has 18 heavy (non-hydrogen) atoms. The Morgan fingerprint density at radius 3 is 1.89 bits per heavy atom. The van der Waals surface area contributed by atoms with Crippen LogP contribution < -0.4 is 5.32 Å². The second kappa shape index (κ2) is 5.16. The molecule has 0 aliphatic carbocycles. The van der Waals surface area contributed by atoms with Crippen molar-refractivity contribution in [3.63, 3.8) is 0 Å². The molecule has 0 saturated heterocycles. The van der Waals surface area contributed by atoms with Crippen molar-refractivity contribution in [2.75, 3.05) is 0 Å². The number of carboxylic acids is 1. The number of hydrogen-bond donors (Lipinski definition) is 2. The van der Waals surface area contributed by atoms with Gasteiger partial charge in [0.05, 0.1) is 5.41 Å². The average Bonchev–Trinajstić information content (AvgIpc) is 2.14. The SMILES string of the molecule is CCC(C)(CC(C)(C)C(=O)O)NC(=O)C(F)(F)F. The van der Waals surface area contributed by atoms with Crippen LogP contribution in [0.25, 0.3) is 0 Å². The van der Waals surface area contributed by atoms with Gasteiger partial charge in [0.25, 0.3) is 0 Å². The third kappa shape index (κ3) is 4.54. The Balaban J connectivity index is 4.94. The van der Waals surface area contributed by atoms with Crippen LogP contribution in [0.15, 0.2) is 0 Å². The maximum atomic E-state index is 12.2. The van der Waals surface area contributed by atoms with E-state index in [1.54, 1.807) is 6.92 Å². The lowest BCUT2D eigenvalue weighted by Gasteiger charge is -2.35. The van der Waals surface area contributed by atoms with Gasteiger partial charge in [-0.1, -0.05) is 6.92 Å². The van der Waals surface area contributed by atoms with Crippen LogP contribution in [0.3, 0.4) is 0 Å². The van der Waals surface area contributed by atoms with Gasteiger partial charge in [-0.25, -0.2) is 0 Å². The van der Waals surface area contributed by atoms with Crippen molar-refractivity contribution in [1.82, 2.24) is 5.32 Å². The second-order valence-corrected chi connectivity index (χ2v) is 5.23. The van der Waals surface area contributed by atoms with Crippen molar-refractivity contribution in [1.29, 1.82) is 0 Å². The van der Waals surface area contributed by atoms with Gasteiger partial charge >= 0.3 is 18.1 Å². The van der Waals surface area contributed by atoms with Crippen molar-refractivity contribution < 1.29 is 27.9 Å². The molecule has 0 aliphatic heterocycles. The van der Waals surface area contributed by atoms with Gasteiger partial charge in [-0.05, 0) is 33.6 Å². The highest BCUT2D eigenvalue weighted by Crippen LogP contribution is 2.31. The Bertz CT molecular complexity index is 339. The number of aliphatic carboxylic acids is 1. The molecule has 4 nitrogen and oxygen atoms in total. The Morgan fingerprint density at radius 2 is 1.61 bits per heavy atom. The number of carbonyl (C=O) groups excluding carboxylic acids is 1. The van der Waals surface area contributed by atoms with Crippen molar-refractivity contribution in [2.45, 2.75) is 52.3 Å². The standard InChI is InChI=1S/C11H18F3NO3/c1-5-10(4,6-9(2,3)8(17)18)15-7(16)11(12,13)14/h5-6H2,1-4H3,(H,15,16)(H,17,18). The summed E-state index contributed by atoms with van der Waals surface area (Å²) in [5.74, 6) is -3.17. The molecule has 0 aromatic heterocycles. The third-order valence-electron chi connectivity index (χ3n) is 2.86. The molecule has 0 rings (SSSR count). The average molecular weight is 269 g/mol. The van der Waals surface area contributed by atoms with Gasteiger partial charge in [0.1, 0.15) is 0 Å². The Kier molecular flexibility index (Phi) is 4.79. The first kappa shape index (κ1) is 16.7. The van der Waals surface area contributed by atoms with E-state index in [-0.39, 0.29) is 12.8 Å². The van der Waals surface area contributed by atoms with Crippen molar-refractivity contribution in [2.24, 2.45) is 5.41 Å². The molecule has 0 bridgehead atoms. The van der Waals surface area contributed by atoms with Gasteiger partial charge in [0, 0.05) is 5.54 Å². The third-order valence-corrected chi connectivity index (χ3v) is 2.86. The lowest BCUT2D eigenvalue weighted by atomic mass is 9.78. The number of halogens is 3. The van der Waals surface area contributed by atoms with Crippen LogP contribution in [0.4, 0.5) is 13.2 Å². The van der Waals surface area contributed by atoms with E-state index in [9.17, 15) is 22.8 Å². The highest BCUT2D eigenvalue weighted by molar-refractivity contribution is 5.82. The predicted molar refractivity (Wildman–Crippen MR) is 58.9 cm³/mol. The van der Waals surface area contributed by atoms with Gasteiger partial charge in [-0.2, -0.15) is 13.2 Å². The first-order chi connectivity index (χ1) is 7.84. The summed E-state index contributed by atoms with van der Waals surface area (Å²) < 4.78 is 36.5. The normalized spacial score (nSPS) is 15.9. The van der Waals surface area contributed by atoms with Gasteiger partial charge in [-0.3, -0.25) is 9.59 Å². The first-order valence-electron chi connectivity index (χ1n) is 5.47. The molecule has 0 aromatic carbocycles. The molecule has 0 aromatic rings. The van der Waals surface area contributed by atoms with E-state index in [0.29, 0.717) is 0 Å². The summed E-state index contributed by atoms with van der Waals surface area (Å²) in [6.45, 7) is 5.81. The minimum Gasteiger partial charge on any atom is -0.481 e. The van der Waals surface area contributed by atoms with Crippen molar-refractivity contribution in [3.8, 4) is 0 Å². The van der Waals surface area contributed by atoms with E-state index in [1.165, 1.54) is 20.8 Å². The summed E-state index contributed by atoms with van der Waals surface area (Å²) in [6, 6.07) is 0. The molecule has 0 spiro atoms. The van der Waals surface area contributed by atoms with Crippen LogP contribution in [-0.4, -0.2) is 28.7 Å². The Labute approximate surface area is 104 Å². The van der Waals surface area contributed by atoms with Crippen LogP contribution in [0, 0.1) is 5.41 Å². The molecule has 106 valence electrons. The number of hydrogen-bond acceptors (Lipinski definition) is 2. The number of alkyl halides is 3. The van der Waals surface area contributed by atoms with Crippen molar-refractivity contribution in [3.05, 3.63) is 0 Å². The van der Waals surface area contributed by atoms with Crippen LogP contribution in [0.1, 0.15) is 40.5 Å².